The monoisotopic (exact) mass is 391 g/mol. The lowest BCUT2D eigenvalue weighted by atomic mass is 10.1. The number of imidazole rings is 1. The van der Waals surface area contributed by atoms with Crippen LogP contribution in [0.3, 0.4) is 0 Å². The first-order valence-corrected chi connectivity index (χ1v) is 9.04. The first kappa shape index (κ1) is 14.1. The summed E-state index contributed by atoms with van der Waals surface area (Å²) >= 11 is 6.63. The molecular weight excluding hydrogens is 382 g/mol. The van der Waals surface area contributed by atoms with Crippen LogP contribution in [-0.4, -0.2) is 19.7 Å². The van der Waals surface area contributed by atoms with Gasteiger partial charge in [-0.3, -0.25) is 0 Å². The summed E-state index contributed by atoms with van der Waals surface area (Å²) in [6.45, 7) is -0.101. The smallest absolute Gasteiger partial charge is 0.213 e. The van der Waals surface area contributed by atoms with Crippen molar-refractivity contribution in [2.75, 3.05) is 0 Å². The van der Waals surface area contributed by atoms with E-state index in [2.05, 4.69) is 32.1 Å². The molecule has 0 aliphatic heterocycles. The fraction of sp³-hybridized carbons (Fsp3) is 0.0667. The Labute approximate surface area is 142 Å². The molecule has 0 aliphatic carbocycles. The molecule has 0 spiro atoms. The third-order valence-corrected chi connectivity index (χ3v) is 5.75. The average Bonchev–Trinajstić information content (AvgIpc) is 3.22. The zero-order valence-corrected chi connectivity index (χ0v) is 14.5. The van der Waals surface area contributed by atoms with E-state index in [4.69, 9.17) is 0 Å². The standard InChI is InChI=1S/C15H10BrN3OS2/c16-10-5-3-9(4-6-10)13-11(8-20)17-15-19(13)18-14(22-15)12-2-1-7-21-12/h1-7,20H,8H2. The minimum atomic E-state index is -0.101. The maximum Gasteiger partial charge on any atom is 0.213 e. The van der Waals surface area contributed by atoms with Gasteiger partial charge < -0.3 is 5.11 Å². The Balaban J connectivity index is 1.93. The summed E-state index contributed by atoms with van der Waals surface area (Å²) in [5.74, 6) is 0. The number of nitrogens with zero attached hydrogens (tertiary/aromatic N) is 3. The van der Waals surface area contributed by atoms with Crippen LogP contribution in [0, 0.1) is 0 Å². The maximum atomic E-state index is 9.60. The van der Waals surface area contributed by atoms with Gasteiger partial charge in [0.15, 0.2) is 5.01 Å². The number of thiophene rings is 1. The SMILES string of the molecule is OCc1nc2sc(-c3cccs3)nn2c1-c1ccc(Br)cc1. The largest absolute Gasteiger partial charge is 0.390 e. The van der Waals surface area contributed by atoms with Crippen molar-refractivity contribution in [3.05, 3.63) is 51.9 Å². The topological polar surface area (TPSA) is 50.4 Å². The molecular formula is C15H10BrN3OS2. The molecule has 3 heterocycles. The van der Waals surface area contributed by atoms with Crippen molar-refractivity contribution >= 4 is 43.6 Å². The van der Waals surface area contributed by atoms with E-state index in [9.17, 15) is 5.11 Å². The van der Waals surface area contributed by atoms with E-state index in [0.717, 1.165) is 30.6 Å². The number of aliphatic hydroxyl groups is 1. The maximum absolute atomic E-state index is 9.60. The van der Waals surface area contributed by atoms with Crippen molar-refractivity contribution in [2.45, 2.75) is 6.61 Å². The lowest BCUT2D eigenvalue weighted by Gasteiger charge is -2.02. The number of aromatic nitrogens is 3. The van der Waals surface area contributed by atoms with E-state index in [1.807, 2.05) is 40.2 Å². The average molecular weight is 392 g/mol. The number of hydrogen-bond donors (Lipinski definition) is 1. The summed E-state index contributed by atoms with van der Waals surface area (Å²) in [5.41, 5.74) is 2.49. The van der Waals surface area contributed by atoms with E-state index in [0.29, 0.717) is 5.69 Å². The van der Waals surface area contributed by atoms with Gasteiger partial charge in [-0.15, -0.1) is 11.3 Å². The molecule has 0 saturated carbocycles. The van der Waals surface area contributed by atoms with Crippen LogP contribution in [0.1, 0.15) is 5.69 Å². The van der Waals surface area contributed by atoms with Crippen LogP contribution in [0.5, 0.6) is 0 Å². The van der Waals surface area contributed by atoms with E-state index < -0.39 is 0 Å². The highest BCUT2D eigenvalue weighted by Gasteiger charge is 2.18. The number of hydrogen-bond acceptors (Lipinski definition) is 5. The number of halogens is 1. The Morgan fingerprint density at radius 2 is 2.00 bits per heavy atom. The second-order valence-corrected chi connectivity index (χ2v) is 7.47. The highest BCUT2D eigenvalue weighted by atomic mass is 79.9. The van der Waals surface area contributed by atoms with Gasteiger partial charge in [0.05, 0.1) is 22.9 Å². The first-order chi connectivity index (χ1) is 10.8. The van der Waals surface area contributed by atoms with Crippen molar-refractivity contribution in [2.24, 2.45) is 0 Å². The van der Waals surface area contributed by atoms with E-state index in [1.165, 1.54) is 11.3 Å². The zero-order valence-electron chi connectivity index (χ0n) is 11.2. The molecule has 0 fully saturated rings. The number of aliphatic hydroxyl groups excluding tert-OH is 1. The number of rotatable bonds is 3. The Kier molecular flexibility index (Phi) is 3.57. The molecule has 4 rings (SSSR count). The molecule has 0 radical (unpaired) electrons. The molecule has 110 valence electrons. The molecule has 22 heavy (non-hydrogen) atoms. The van der Waals surface area contributed by atoms with Crippen LogP contribution < -0.4 is 0 Å². The summed E-state index contributed by atoms with van der Waals surface area (Å²) in [4.78, 5) is 6.45. The van der Waals surface area contributed by atoms with Crippen molar-refractivity contribution in [3.8, 4) is 21.1 Å². The second-order valence-electron chi connectivity index (χ2n) is 4.65. The second kappa shape index (κ2) is 5.58. The van der Waals surface area contributed by atoms with Gasteiger partial charge in [0.1, 0.15) is 0 Å². The van der Waals surface area contributed by atoms with E-state index in [1.54, 1.807) is 11.3 Å². The fourth-order valence-corrected chi connectivity index (χ4v) is 4.27. The summed E-state index contributed by atoms with van der Waals surface area (Å²) in [5, 5.41) is 17.3. The highest BCUT2D eigenvalue weighted by molar-refractivity contribution is 9.10. The molecule has 0 atom stereocenters. The third-order valence-electron chi connectivity index (χ3n) is 3.28. The van der Waals surface area contributed by atoms with Crippen molar-refractivity contribution in [1.82, 2.24) is 14.6 Å². The summed E-state index contributed by atoms with van der Waals surface area (Å²) in [6, 6.07) is 12.0. The Morgan fingerprint density at radius 1 is 1.18 bits per heavy atom. The van der Waals surface area contributed by atoms with Gasteiger partial charge in [0.25, 0.3) is 0 Å². The van der Waals surface area contributed by atoms with Crippen LogP contribution >= 0.6 is 38.6 Å². The molecule has 1 aromatic carbocycles. The van der Waals surface area contributed by atoms with Crippen molar-refractivity contribution in [3.63, 3.8) is 0 Å². The molecule has 3 aromatic heterocycles. The molecule has 4 aromatic rings. The quantitative estimate of drug-likeness (QED) is 0.561. The first-order valence-electron chi connectivity index (χ1n) is 6.55. The van der Waals surface area contributed by atoms with Gasteiger partial charge in [-0.1, -0.05) is 45.5 Å². The molecule has 4 nitrogen and oxygen atoms in total. The summed E-state index contributed by atoms with van der Waals surface area (Å²) in [6.07, 6.45) is 0. The number of benzene rings is 1. The lowest BCUT2D eigenvalue weighted by Crippen LogP contribution is -1.93. The van der Waals surface area contributed by atoms with Gasteiger partial charge >= 0.3 is 0 Å². The van der Waals surface area contributed by atoms with Gasteiger partial charge in [-0.25, -0.2) is 9.50 Å². The van der Waals surface area contributed by atoms with Crippen molar-refractivity contribution in [1.29, 1.82) is 0 Å². The molecule has 0 bridgehead atoms. The Hall–Kier alpha value is -1.54. The highest BCUT2D eigenvalue weighted by Crippen LogP contribution is 2.33. The minimum Gasteiger partial charge on any atom is -0.390 e. The van der Waals surface area contributed by atoms with E-state index in [-0.39, 0.29) is 6.61 Å². The fourth-order valence-electron chi connectivity index (χ4n) is 2.30. The van der Waals surface area contributed by atoms with Crippen LogP contribution in [0.4, 0.5) is 0 Å². The van der Waals surface area contributed by atoms with Crippen LogP contribution in [0.15, 0.2) is 46.3 Å². The number of fused-ring (bicyclic) bond motifs is 1. The summed E-state index contributed by atoms with van der Waals surface area (Å²) < 4.78 is 2.84. The Bertz CT molecular complexity index is 926. The van der Waals surface area contributed by atoms with E-state index >= 15 is 0 Å². The molecule has 0 amide bonds. The van der Waals surface area contributed by atoms with Crippen molar-refractivity contribution < 1.29 is 5.11 Å². The lowest BCUT2D eigenvalue weighted by molar-refractivity contribution is 0.278. The zero-order chi connectivity index (χ0) is 15.1. The molecule has 7 heteroatoms. The normalized spacial score (nSPS) is 11.4. The molecule has 0 aliphatic rings. The van der Waals surface area contributed by atoms with Crippen LogP contribution in [-0.2, 0) is 6.61 Å². The minimum absolute atomic E-state index is 0.101. The van der Waals surface area contributed by atoms with Crippen LogP contribution in [0.2, 0.25) is 0 Å². The predicted molar refractivity (Wildman–Crippen MR) is 93.2 cm³/mol. The van der Waals surface area contributed by atoms with Crippen LogP contribution in [0.25, 0.3) is 26.1 Å². The molecule has 1 N–H and O–H groups in total. The van der Waals surface area contributed by atoms with Gasteiger partial charge in [-0.05, 0) is 23.6 Å². The predicted octanol–water partition coefficient (Wildman–Crippen LogP) is 4.44. The third kappa shape index (κ3) is 2.30. The summed E-state index contributed by atoms with van der Waals surface area (Å²) in [7, 11) is 0. The van der Waals surface area contributed by atoms with Gasteiger partial charge in [0.2, 0.25) is 4.96 Å². The van der Waals surface area contributed by atoms with Gasteiger partial charge in [-0.2, -0.15) is 5.10 Å². The Morgan fingerprint density at radius 3 is 2.68 bits per heavy atom. The van der Waals surface area contributed by atoms with Gasteiger partial charge in [0, 0.05) is 10.0 Å². The molecule has 0 unspecified atom stereocenters. The molecule has 0 saturated heterocycles.